The van der Waals surface area contributed by atoms with E-state index in [9.17, 15) is 4.39 Å². The van der Waals surface area contributed by atoms with Crippen molar-refractivity contribution in [1.82, 2.24) is 4.98 Å². The van der Waals surface area contributed by atoms with Crippen molar-refractivity contribution in [3.05, 3.63) is 54.1 Å². The second-order valence-corrected chi connectivity index (χ2v) is 3.50. The molecule has 17 heavy (non-hydrogen) atoms. The number of aromatic nitrogens is 1. The van der Waals surface area contributed by atoms with Crippen LogP contribution in [-0.2, 0) is 11.3 Å². The predicted octanol–water partition coefficient (Wildman–Crippen LogP) is 3.16. The topological polar surface area (TPSA) is 31.4 Å². The highest BCUT2D eigenvalue weighted by Gasteiger charge is 2.00. The van der Waals surface area contributed by atoms with Gasteiger partial charge >= 0.3 is 0 Å². The average molecular weight is 233 g/mol. The zero-order valence-corrected chi connectivity index (χ0v) is 9.39. The number of benzene rings is 1. The van der Waals surface area contributed by atoms with E-state index in [1.54, 1.807) is 19.2 Å². The Morgan fingerprint density at radius 3 is 2.76 bits per heavy atom. The van der Waals surface area contributed by atoms with E-state index in [0.717, 1.165) is 5.56 Å². The number of methoxy groups -OCH3 is 1. The van der Waals surface area contributed by atoms with Crippen molar-refractivity contribution >= 4 is 0 Å². The Morgan fingerprint density at radius 2 is 2.00 bits per heavy atom. The lowest BCUT2D eigenvalue weighted by molar-refractivity contribution is 0.184. The van der Waals surface area contributed by atoms with E-state index >= 15 is 0 Å². The molecule has 3 nitrogen and oxygen atoms in total. The molecule has 0 amide bonds. The molecule has 88 valence electrons. The highest BCUT2D eigenvalue weighted by molar-refractivity contribution is 5.33. The molecule has 0 bridgehead atoms. The van der Waals surface area contributed by atoms with Crippen molar-refractivity contribution in [2.24, 2.45) is 0 Å². The van der Waals surface area contributed by atoms with Gasteiger partial charge in [0.15, 0.2) is 0 Å². The van der Waals surface area contributed by atoms with Crippen molar-refractivity contribution in [2.75, 3.05) is 7.11 Å². The summed E-state index contributed by atoms with van der Waals surface area (Å²) < 4.78 is 23.4. The molecule has 4 heteroatoms. The monoisotopic (exact) mass is 233 g/mol. The van der Waals surface area contributed by atoms with Crippen LogP contribution in [0.25, 0.3) is 0 Å². The molecule has 0 aliphatic heterocycles. The summed E-state index contributed by atoms with van der Waals surface area (Å²) >= 11 is 0. The van der Waals surface area contributed by atoms with Crippen molar-refractivity contribution in [1.29, 1.82) is 0 Å². The van der Waals surface area contributed by atoms with Gasteiger partial charge in [-0.1, -0.05) is 12.1 Å². The van der Waals surface area contributed by atoms with E-state index < -0.39 is 5.95 Å². The molecule has 0 fully saturated rings. The predicted molar refractivity (Wildman–Crippen MR) is 61.4 cm³/mol. The van der Waals surface area contributed by atoms with Gasteiger partial charge in [-0.25, -0.2) is 4.98 Å². The standard InChI is InChI=1S/C13H12FNO2/c1-16-9-10-3-2-4-11(7-10)17-12-5-6-15-13(14)8-12/h2-8H,9H2,1H3. The number of ether oxygens (including phenoxy) is 2. The van der Waals surface area contributed by atoms with E-state index in [1.807, 2.05) is 18.2 Å². The van der Waals surface area contributed by atoms with Crippen LogP contribution in [0.2, 0.25) is 0 Å². The molecular weight excluding hydrogens is 221 g/mol. The maximum Gasteiger partial charge on any atom is 0.216 e. The van der Waals surface area contributed by atoms with Crippen LogP contribution in [0.1, 0.15) is 5.56 Å². The lowest BCUT2D eigenvalue weighted by Gasteiger charge is -2.07. The fourth-order valence-electron chi connectivity index (χ4n) is 1.45. The van der Waals surface area contributed by atoms with Crippen LogP contribution >= 0.6 is 0 Å². The van der Waals surface area contributed by atoms with Crippen molar-refractivity contribution < 1.29 is 13.9 Å². The minimum Gasteiger partial charge on any atom is -0.457 e. The second kappa shape index (κ2) is 5.41. The third-order valence-electron chi connectivity index (χ3n) is 2.14. The second-order valence-electron chi connectivity index (χ2n) is 3.50. The number of hydrogen-bond acceptors (Lipinski definition) is 3. The van der Waals surface area contributed by atoms with Crippen LogP contribution in [0.3, 0.4) is 0 Å². The molecule has 0 atom stereocenters. The first-order valence-corrected chi connectivity index (χ1v) is 5.15. The highest BCUT2D eigenvalue weighted by atomic mass is 19.1. The summed E-state index contributed by atoms with van der Waals surface area (Å²) in [7, 11) is 1.63. The molecule has 2 rings (SSSR count). The summed E-state index contributed by atoms with van der Waals surface area (Å²) in [6, 6.07) is 10.3. The smallest absolute Gasteiger partial charge is 0.216 e. The maximum absolute atomic E-state index is 12.9. The van der Waals surface area contributed by atoms with Crippen LogP contribution in [-0.4, -0.2) is 12.1 Å². The summed E-state index contributed by atoms with van der Waals surface area (Å²) in [5, 5.41) is 0. The molecule has 0 saturated carbocycles. The SMILES string of the molecule is COCc1cccc(Oc2ccnc(F)c2)c1. The molecule has 0 aliphatic carbocycles. The van der Waals surface area contributed by atoms with E-state index in [0.29, 0.717) is 18.1 Å². The molecule has 0 radical (unpaired) electrons. The van der Waals surface area contributed by atoms with Gasteiger partial charge < -0.3 is 9.47 Å². The first-order valence-electron chi connectivity index (χ1n) is 5.15. The summed E-state index contributed by atoms with van der Waals surface area (Å²) in [6.45, 7) is 0.516. The van der Waals surface area contributed by atoms with Gasteiger partial charge in [0.1, 0.15) is 11.5 Å². The van der Waals surface area contributed by atoms with Crippen LogP contribution in [0.15, 0.2) is 42.6 Å². The Labute approximate surface area is 98.8 Å². The molecule has 1 aromatic heterocycles. The molecule has 1 heterocycles. The Hall–Kier alpha value is -1.94. The van der Waals surface area contributed by atoms with Gasteiger partial charge in [-0.3, -0.25) is 0 Å². The Bertz CT molecular complexity index is 502. The number of hydrogen-bond donors (Lipinski definition) is 0. The Kier molecular flexibility index (Phi) is 3.67. The lowest BCUT2D eigenvalue weighted by Crippen LogP contribution is -1.90. The van der Waals surface area contributed by atoms with Gasteiger partial charge in [-0.05, 0) is 23.8 Å². The fourth-order valence-corrected chi connectivity index (χ4v) is 1.45. The lowest BCUT2D eigenvalue weighted by atomic mass is 10.2. The van der Waals surface area contributed by atoms with E-state index in [1.165, 1.54) is 12.3 Å². The summed E-state index contributed by atoms with van der Waals surface area (Å²) in [4.78, 5) is 3.46. The van der Waals surface area contributed by atoms with Gasteiger partial charge in [0.05, 0.1) is 6.61 Å². The van der Waals surface area contributed by atoms with Crippen LogP contribution < -0.4 is 4.74 Å². The molecule has 1 aromatic carbocycles. The molecule has 0 saturated heterocycles. The van der Waals surface area contributed by atoms with Gasteiger partial charge in [0.2, 0.25) is 5.95 Å². The average Bonchev–Trinajstić information content (AvgIpc) is 2.30. The minimum absolute atomic E-state index is 0.423. The molecule has 0 spiro atoms. The van der Waals surface area contributed by atoms with Crippen LogP contribution in [0, 0.1) is 5.95 Å². The van der Waals surface area contributed by atoms with Crippen molar-refractivity contribution in [3.8, 4) is 11.5 Å². The number of nitrogens with zero attached hydrogens (tertiary/aromatic N) is 1. The number of rotatable bonds is 4. The Balaban J connectivity index is 2.15. The van der Waals surface area contributed by atoms with E-state index in [2.05, 4.69) is 4.98 Å². The quantitative estimate of drug-likeness (QED) is 0.760. The van der Waals surface area contributed by atoms with Gasteiger partial charge in [-0.15, -0.1) is 0 Å². The number of halogens is 1. The normalized spacial score (nSPS) is 10.2. The summed E-state index contributed by atoms with van der Waals surface area (Å²) in [5.41, 5.74) is 1.000. The molecule has 0 N–H and O–H groups in total. The van der Waals surface area contributed by atoms with E-state index in [-0.39, 0.29) is 0 Å². The molecule has 0 unspecified atom stereocenters. The number of pyridine rings is 1. The first-order chi connectivity index (χ1) is 8.28. The summed E-state index contributed by atoms with van der Waals surface area (Å²) in [6.07, 6.45) is 1.36. The highest BCUT2D eigenvalue weighted by Crippen LogP contribution is 2.22. The molecular formula is C13H12FNO2. The zero-order valence-electron chi connectivity index (χ0n) is 9.39. The molecule has 0 aliphatic rings. The van der Waals surface area contributed by atoms with Gasteiger partial charge in [-0.2, -0.15) is 4.39 Å². The minimum atomic E-state index is -0.560. The van der Waals surface area contributed by atoms with Crippen molar-refractivity contribution in [2.45, 2.75) is 6.61 Å². The molecule has 2 aromatic rings. The third-order valence-corrected chi connectivity index (χ3v) is 2.14. The van der Waals surface area contributed by atoms with Crippen LogP contribution in [0.5, 0.6) is 11.5 Å². The van der Waals surface area contributed by atoms with Crippen LogP contribution in [0.4, 0.5) is 4.39 Å². The summed E-state index contributed by atoms with van der Waals surface area (Å²) in [5.74, 6) is 0.507. The largest absolute Gasteiger partial charge is 0.457 e. The maximum atomic E-state index is 12.9. The first kappa shape index (κ1) is 11.5. The Morgan fingerprint density at radius 1 is 1.18 bits per heavy atom. The fraction of sp³-hybridized carbons (Fsp3) is 0.154. The zero-order chi connectivity index (χ0) is 12.1. The van der Waals surface area contributed by atoms with Gasteiger partial charge in [0, 0.05) is 19.4 Å². The van der Waals surface area contributed by atoms with Crippen molar-refractivity contribution in [3.63, 3.8) is 0 Å². The van der Waals surface area contributed by atoms with E-state index in [4.69, 9.17) is 9.47 Å². The third kappa shape index (κ3) is 3.26. The van der Waals surface area contributed by atoms with Gasteiger partial charge in [0.25, 0.3) is 0 Å².